The van der Waals surface area contributed by atoms with Gasteiger partial charge >= 0.3 is 0 Å². The summed E-state index contributed by atoms with van der Waals surface area (Å²) in [6, 6.07) is 3.35. The summed E-state index contributed by atoms with van der Waals surface area (Å²) in [7, 11) is 1.82. The van der Waals surface area contributed by atoms with Gasteiger partial charge in [-0.05, 0) is 32.1 Å². The molecule has 1 aromatic rings. The van der Waals surface area contributed by atoms with Crippen LogP contribution in [0.1, 0.15) is 63.3 Å². The van der Waals surface area contributed by atoms with Crippen molar-refractivity contribution < 1.29 is 4.52 Å². The van der Waals surface area contributed by atoms with E-state index in [4.69, 9.17) is 4.52 Å². The van der Waals surface area contributed by atoms with Gasteiger partial charge in [-0.15, -0.1) is 24.0 Å². The highest BCUT2D eigenvalue weighted by atomic mass is 127. The number of nitrogens with one attached hydrogen (secondary N) is 2. The van der Waals surface area contributed by atoms with Gasteiger partial charge in [-0.2, -0.15) is 0 Å². The molecule has 7 heteroatoms. The third-order valence-electron chi connectivity index (χ3n) is 5.59. The van der Waals surface area contributed by atoms with Crippen molar-refractivity contribution in [1.82, 2.24) is 20.7 Å². The first kappa shape index (κ1) is 21.5. The number of guanidine groups is 1. The van der Waals surface area contributed by atoms with E-state index >= 15 is 0 Å². The molecule has 0 aromatic carbocycles. The van der Waals surface area contributed by atoms with Crippen LogP contribution in [-0.4, -0.2) is 48.2 Å². The van der Waals surface area contributed by atoms with Gasteiger partial charge in [0.1, 0.15) is 0 Å². The highest BCUT2D eigenvalue weighted by molar-refractivity contribution is 14.0. The molecular weight excluding hydrogens is 441 g/mol. The highest BCUT2D eigenvalue weighted by Crippen LogP contribution is 2.25. The van der Waals surface area contributed by atoms with Crippen LogP contribution in [0.15, 0.2) is 15.6 Å². The van der Waals surface area contributed by atoms with Crippen LogP contribution < -0.4 is 10.6 Å². The Labute approximate surface area is 174 Å². The van der Waals surface area contributed by atoms with E-state index in [0.717, 1.165) is 29.9 Å². The molecule has 6 nitrogen and oxygen atoms in total. The summed E-state index contributed by atoms with van der Waals surface area (Å²) in [5.41, 5.74) is 0.995. The molecular formula is C19H34IN5O. The molecule has 2 heterocycles. The lowest BCUT2D eigenvalue weighted by atomic mass is 9.92. The van der Waals surface area contributed by atoms with Gasteiger partial charge in [0.25, 0.3) is 0 Å². The van der Waals surface area contributed by atoms with Crippen molar-refractivity contribution in [3.05, 3.63) is 17.5 Å². The summed E-state index contributed by atoms with van der Waals surface area (Å²) >= 11 is 0. The van der Waals surface area contributed by atoms with E-state index < -0.39 is 0 Å². The zero-order chi connectivity index (χ0) is 17.5. The smallest absolute Gasteiger partial charge is 0.191 e. The van der Waals surface area contributed by atoms with Gasteiger partial charge in [-0.1, -0.05) is 31.3 Å². The monoisotopic (exact) mass is 475 g/mol. The normalized spacial score (nSPS) is 20.6. The second-order valence-corrected chi connectivity index (χ2v) is 7.31. The fraction of sp³-hybridized carbons (Fsp3) is 0.789. The van der Waals surface area contributed by atoms with Crippen LogP contribution in [0.3, 0.4) is 0 Å². The van der Waals surface area contributed by atoms with Gasteiger partial charge in [-0.3, -0.25) is 4.99 Å². The van der Waals surface area contributed by atoms with Gasteiger partial charge in [0.15, 0.2) is 11.7 Å². The fourth-order valence-electron chi connectivity index (χ4n) is 4.02. The average Bonchev–Trinajstić information content (AvgIpc) is 3.14. The summed E-state index contributed by atoms with van der Waals surface area (Å²) in [6.07, 6.45) is 10.4. The molecule has 148 valence electrons. The maximum absolute atomic E-state index is 5.32. The van der Waals surface area contributed by atoms with Crippen molar-refractivity contribution in [3.63, 3.8) is 0 Å². The van der Waals surface area contributed by atoms with E-state index in [1.807, 2.05) is 13.1 Å². The third kappa shape index (κ3) is 6.11. The molecule has 1 saturated heterocycles. The minimum atomic E-state index is 0. The molecule has 26 heavy (non-hydrogen) atoms. The quantitative estimate of drug-likeness (QED) is 0.389. The van der Waals surface area contributed by atoms with Gasteiger partial charge in [-0.25, -0.2) is 0 Å². The Bertz CT molecular complexity index is 548. The molecule has 0 spiro atoms. The number of nitrogens with zero attached hydrogens (tertiary/aromatic N) is 3. The first-order chi connectivity index (χ1) is 12.3. The number of hydrogen-bond donors (Lipinski definition) is 2. The van der Waals surface area contributed by atoms with Crippen LogP contribution in [0.5, 0.6) is 0 Å². The summed E-state index contributed by atoms with van der Waals surface area (Å²) in [5, 5.41) is 10.9. The minimum absolute atomic E-state index is 0. The summed E-state index contributed by atoms with van der Waals surface area (Å²) in [5.74, 6) is 1.71. The van der Waals surface area contributed by atoms with Gasteiger partial charge < -0.3 is 20.1 Å². The number of halogens is 1. The van der Waals surface area contributed by atoms with Crippen LogP contribution in [0.25, 0.3) is 0 Å². The van der Waals surface area contributed by atoms with Crippen LogP contribution >= 0.6 is 24.0 Å². The number of aliphatic imine (C=N–C) groups is 1. The Kier molecular flexibility index (Phi) is 9.18. The topological polar surface area (TPSA) is 65.7 Å². The van der Waals surface area contributed by atoms with Gasteiger partial charge in [0, 0.05) is 38.3 Å². The summed E-state index contributed by atoms with van der Waals surface area (Å²) < 4.78 is 5.32. The Morgan fingerprint density at radius 2 is 1.96 bits per heavy atom. The van der Waals surface area contributed by atoms with Crippen molar-refractivity contribution in [2.24, 2.45) is 4.99 Å². The zero-order valence-corrected chi connectivity index (χ0v) is 18.5. The molecule has 1 aliphatic carbocycles. The predicted octanol–water partition coefficient (Wildman–Crippen LogP) is 3.32. The van der Waals surface area contributed by atoms with Crippen molar-refractivity contribution >= 4 is 29.9 Å². The Hall–Kier alpha value is -0.830. The summed E-state index contributed by atoms with van der Waals surface area (Å²) in [6.45, 7) is 5.12. The van der Waals surface area contributed by atoms with Crippen LogP contribution in [0.4, 0.5) is 0 Å². The van der Waals surface area contributed by atoms with Crippen molar-refractivity contribution in [1.29, 1.82) is 0 Å². The molecule has 3 rings (SSSR count). The number of likely N-dealkylation sites (tertiary alicyclic amines) is 1. The van der Waals surface area contributed by atoms with Crippen molar-refractivity contribution in [2.45, 2.75) is 76.9 Å². The molecule has 0 radical (unpaired) electrons. The fourth-order valence-corrected chi connectivity index (χ4v) is 4.02. The zero-order valence-electron chi connectivity index (χ0n) is 16.2. The maximum Gasteiger partial charge on any atom is 0.191 e. The van der Waals surface area contributed by atoms with Crippen LogP contribution in [-0.2, 0) is 13.0 Å². The summed E-state index contributed by atoms with van der Waals surface area (Å²) in [4.78, 5) is 7.07. The Balaban J connectivity index is 0.00000243. The van der Waals surface area contributed by atoms with Gasteiger partial charge in [0.2, 0.25) is 0 Å². The maximum atomic E-state index is 5.32. The Morgan fingerprint density at radius 1 is 1.23 bits per heavy atom. The van der Waals surface area contributed by atoms with Crippen LogP contribution in [0, 0.1) is 0 Å². The van der Waals surface area contributed by atoms with E-state index in [-0.39, 0.29) is 24.0 Å². The molecule has 2 fully saturated rings. The van der Waals surface area contributed by atoms with E-state index in [1.54, 1.807) is 0 Å². The SMILES string of the molecule is CCc1cc(CNC(=NC)NC2CCN(C3CCCCC3)CC2)on1.I. The molecule has 2 N–H and O–H groups in total. The van der Waals surface area contributed by atoms with E-state index in [2.05, 4.69) is 32.6 Å². The molecule has 1 aromatic heterocycles. The number of piperidine rings is 1. The number of rotatable bonds is 5. The molecule has 0 atom stereocenters. The number of aryl methyl sites for hydroxylation is 1. The lowest BCUT2D eigenvalue weighted by molar-refractivity contribution is 0.119. The second-order valence-electron chi connectivity index (χ2n) is 7.31. The molecule has 1 saturated carbocycles. The third-order valence-corrected chi connectivity index (χ3v) is 5.59. The second kappa shape index (κ2) is 11.1. The Morgan fingerprint density at radius 3 is 2.58 bits per heavy atom. The van der Waals surface area contributed by atoms with Crippen molar-refractivity contribution in [2.75, 3.05) is 20.1 Å². The van der Waals surface area contributed by atoms with E-state index in [0.29, 0.717) is 12.6 Å². The molecule has 1 aliphatic heterocycles. The first-order valence-electron chi connectivity index (χ1n) is 9.94. The largest absolute Gasteiger partial charge is 0.359 e. The average molecular weight is 475 g/mol. The lowest BCUT2D eigenvalue weighted by Crippen LogP contribution is -2.50. The molecule has 0 amide bonds. The first-order valence-corrected chi connectivity index (χ1v) is 9.94. The van der Waals surface area contributed by atoms with E-state index in [9.17, 15) is 0 Å². The molecule has 2 aliphatic rings. The predicted molar refractivity (Wildman–Crippen MR) is 116 cm³/mol. The standard InChI is InChI=1S/C19H33N5O.HI/c1-3-15-13-18(25-23-15)14-21-19(20-2)22-16-9-11-24(12-10-16)17-7-5-4-6-8-17;/h13,16-17H,3-12,14H2,1-2H3,(H2,20,21,22);1H. The van der Waals surface area contributed by atoms with Crippen molar-refractivity contribution in [3.8, 4) is 0 Å². The lowest BCUT2D eigenvalue weighted by Gasteiger charge is -2.39. The van der Waals surface area contributed by atoms with E-state index in [1.165, 1.54) is 58.0 Å². The number of hydrogen-bond acceptors (Lipinski definition) is 4. The highest BCUT2D eigenvalue weighted by Gasteiger charge is 2.26. The minimum Gasteiger partial charge on any atom is -0.359 e. The van der Waals surface area contributed by atoms with Crippen LogP contribution in [0.2, 0.25) is 0 Å². The molecule has 0 unspecified atom stereocenters. The molecule has 0 bridgehead atoms. The number of aromatic nitrogens is 1. The van der Waals surface area contributed by atoms with Gasteiger partial charge in [0.05, 0.1) is 12.2 Å².